The second-order valence-electron chi connectivity index (χ2n) is 7.06. The highest BCUT2D eigenvalue weighted by atomic mass is 79.9. The van der Waals surface area contributed by atoms with E-state index in [0.717, 1.165) is 10.0 Å². The Balaban J connectivity index is 1.72. The van der Waals surface area contributed by atoms with Crippen LogP contribution in [0.4, 0.5) is 5.69 Å². The normalized spacial score (nSPS) is 17.7. The van der Waals surface area contributed by atoms with Crippen molar-refractivity contribution in [3.05, 3.63) is 52.5 Å². The molecule has 1 saturated heterocycles. The minimum absolute atomic E-state index is 0.157. The summed E-state index contributed by atoms with van der Waals surface area (Å²) >= 11 is 3.36. The highest BCUT2D eigenvalue weighted by Gasteiger charge is 2.33. The van der Waals surface area contributed by atoms with Crippen LogP contribution in [0.3, 0.4) is 0 Å². The number of nitrogens with one attached hydrogen (secondary N) is 1. The van der Waals surface area contributed by atoms with Crippen LogP contribution in [0.5, 0.6) is 5.75 Å². The maximum atomic E-state index is 13.1. The maximum Gasteiger partial charge on any atom is 0.243 e. The van der Waals surface area contributed by atoms with Gasteiger partial charge in [-0.15, -0.1) is 0 Å². The number of benzene rings is 2. The fraction of sp³-hybridized carbons (Fsp3) is 0.381. The summed E-state index contributed by atoms with van der Waals surface area (Å²) in [6, 6.07) is 12.2. The first-order chi connectivity index (χ1) is 13.8. The van der Waals surface area contributed by atoms with Gasteiger partial charge in [0.05, 0.1) is 17.4 Å². The van der Waals surface area contributed by atoms with Gasteiger partial charge in [0.15, 0.2) is 0 Å². The van der Waals surface area contributed by atoms with Gasteiger partial charge in [-0.1, -0.05) is 15.9 Å². The smallest absolute Gasteiger partial charge is 0.243 e. The highest BCUT2D eigenvalue weighted by molar-refractivity contribution is 9.10. The van der Waals surface area contributed by atoms with Gasteiger partial charge in [0.25, 0.3) is 0 Å². The van der Waals surface area contributed by atoms with E-state index in [1.165, 1.54) is 4.31 Å². The number of carbonyl (C=O) groups excluding carboxylic acids is 1. The number of hydrogen-bond donors (Lipinski definition) is 1. The molecule has 0 aromatic heterocycles. The van der Waals surface area contributed by atoms with E-state index in [2.05, 4.69) is 21.2 Å². The molecule has 0 spiro atoms. The Hall–Kier alpha value is -1.90. The second kappa shape index (κ2) is 9.28. The summed E-state index contributed by atoms with van der Waals surface area (Å²) in [4.78, 5) is 12.9. The van der Waals surface area contributed by atoms with E-state index in [1.54, 1.807) is 18.2 Å². The van der Waals surface area contributed by atoms with Gasteiger partial charge >= 0.3 is 0 Å². The summed E-state index contributed by atoms with van der Waals surface area (Å²) in [7, 11) is -3.67. The summed E-state index contributed by atoms with van der Waals surface area (Å²) < 4.78 is 34.1. The van der Waals surface area contributed by atoms with Crippen LogP contribution in [-0.2, 0) is 14.8 Å². The predicted molar refractivity (Wildman–Crippen MR) is 117 cm³/mol. The number of nitrogens with zero attached hydrogens (tertiary/aromatic N) is 1. The number of amides is 1. The molecule has 0 radical (unpaired) electrons. The van der Waals surface area contributed by atoms with Crippen LogP contribution in [0.1, 0.15) is 25.3 Å². The molecule has 8 heteroatoms. The standard InChI is InChI=1S/C21H25BrN2O4S/c1-3-28-20-11-10-19(13-15(20)2)29(26,27)24-12-4-5-16(14-24)21(25)23-18-8-6-17(22)7-9-18/h6-11,13,16H,3-5,12,14H2,1-2H3,(H,23,25)/t16-/m0/s1. The molecule has 29 heavy (non-hydrogen) atoms. The molecular weight excluding hydrogens is 456 g/mol. The first kappa shape index (κ1) is 21.8. The first-order valence-corrected chi connectivity index (χ1v) is 11.8. The van der Waals surface area contributed by atoms with Gasteiger partial charge in [0, 0.05) is 23.2 Å². The van der Waals surface area contributed by atoms with Crippen molar-refractivity contribution in [2.45, 2.75) is 31.6 Å². The Bertz CT molecular complexity index is 977. The number of sulfonamides is 1. The van der Waals surface area contributed by atoms with Gasteiger partial charge in [0.1, 0.15) is 5.75 Å². The van der Waals surface area contributed by atoms with Crippen LogP contribution in [0.2, 0.25) is 0 Å². The van der Waals surface area contributed by atoms with Gasteiger partial charge in [0.2, 0.25) is 15.9 Å². The van der Waals surface area contributed by atoms with Gasteiger partial charge in [-0.2, -0.15) is 4.31 Å². The Morgan fingerprint density at radius 1 is 1.24 bits per heavy atom. The number of hydrogen-bond acceptors (Lipinski definition) is 4. The highest BCUT2D eigenvalue weighted by Crippen LogP contribution is 2.28. The zero-order valence-corrected chi connectivity index (χ0v) is 18.9. The van der Waals surface area contributed by atoms with Crippen molar-refractivity contribution in [1.82, 2.24) is 4.31 Å². The third-order valence-electron chi connectivity index (χ3n) is 4.95. The average molecular weight is 481 g/mol. The molecule has 1 amide bonds. The van der Waals surface area contributed by atoms with Crippen LogP contribution < -0.4 is 10.1 Å². The lowest BCUT2D eigenvalue weighted by molar-refractivity contribution is -0.120. The second-order valence-corrected chi connectivity index (χ2v) is 9.91. The number of ether oxygens (including phenoxy) is 1. The number of aryl methyl sites for hydroxylation is 1. The zero-order chi connectivity index (χ0) is 21.0. The van der Waals surface area contributed by atoms with E-state index in [9.17, 15) is 13.2 Å². The monoisotopic (exact) mass is 480 g/mol. The van der Waals surface area contributed by atoms with E-state index in [1.807, 2.05) is 38.1 Å². The Labute approximate surface area is 180 Å². The average Bonchev–Trinajstić information content (AvgIpc) is 2.71. The number of rotatable bonds is 6. The lowest BCUT2D eigenvalue weighted by atomic mass is 9.99. The van der Waals surface area contributed by atoms with Gasteiger partial charge < -0.3 is 10.1 Å². The molecule has 1 N–H and O–H groups in total. The summed E-state index contributed by atoms with van der Waals surface area (Å²) in [5, 5.41) is 2.88. The maximum absolute atomic E-state index is 13.1. The summed E-state index contributed by atoms with van der Waals surface area (Å²) in [6.07, 6.45) is 1.31. The van der Waals surface area contributed by atoms with Crippen molar-refractivity contribution in [2.75, 3.05) is 25.0 Å². The van der Waals surface area contributed by atoms with E-state index in [4.69, 9.17) is 4.74 Å². The van der Waals surface area contributed by atoms with Crippen LogP contribution in [0, 0.1) is 12.8 Å². The molecule has 0 bridgehead atoms. The van der Waals surface area contributed by atoms with Gasteiger partial charge in [-0.3, -0.25) is 4.79 Å². The molecule has 2 aromatic rings. The number of halogens is 1. The van der Waals surface area contributed by atoms with E-state index in [0.29, 0.717) is 37.4 Å². The van der Waals surface area contributed by atoms with Crippen molar-refractivity contribution in [2.24, 2.45) is 5.92 Å². The van der Waals surface area contributed by atoms with Crippen molar-refractivity contribution < 1.29 is 17.9 Å². The third kappa shape index (κ3) is 5.18. The number of piperidine rings is 1. The lowest BCUT2D eigenvalue weighted by Gasteiger charge is -2.31. The molecule has 0 unspecified atom stereocenters. The molecule has 1 aliphatic rings. The van der Waals surface area contributed by atoms with Crippen molar-refractivity contribution in [1.29, 1.82) is 0 Å². The molecule has 1 aliphatic heterocycles. The lowest BCUT2D eigenvalue weighted by Crippen LogP contribution is -2.43. The summed E-state index contributed by atoms with van der Waals surface area (Å²) in [5.74, 6) is 0.137. The molecule has 1 fully saturated rings. The van der Waals surface area contributed by atoms with Gasteiger partial charge in [-0.05, 0) is 74.7 Å². The SMILES string of the molecule is CCOc1ccc(S(=O)(=O)N2CCC[C@H](C(=O)Nc3ccc(Br)cc3)C2)cc1C. The Morgan fingerprint density at radius 3 is 2.62 bits per heavy atom. The zero-order valence-electron chi connectivity index (χ0n) is 16.5. The van der Waals surface area contributed by atoms with Crippen molar-refractivity contribution >= 4 is 37.5 Å². The fourth-order valence-electron chi connectivity index (χ4n) is 3.40. The first-order valence-electron chi connectivity index (χ1n) is 9.61. The molecule has 3 rings (SSSR count). The fourth-order valence-corrected chi connectivity index (χ4v) is 5.27. The minimum atomic E-state index is -3.67. The molecule has 0 saturated carbocycles. The van der Waals surface area contributed by atoms with E-state index >= 15 is 0 Å². The molecule has 1 heterocycles. The van der Waals surface area contributed by atoms with Crippen LogP contribution >= 0.6 is 15.9 Å². The number of anilines is 1. The molecule has 6 nitrogen and oxygen atoms in total. The Kier molecular flexibility index (Phi) is 6.97. The van der Waals surface area contributed by atoms with Crippen LogP contribution in [-0.4, -0.2) is 38.3 Å². The third-order valence-corrected chi connectivity index (χ3v) is 7.34. The van der Waals surface area contributed by atoms with Crippen LogP contribution in [0.15, 0.2) is 51.8 Å². The van der Waals surface area contributed by atoms with E-state index < -0.39 is 10.0 Å². The summed E-state index contributed by atoms with van der Waals surface area (Å²) in [5.41, 5.74) is 1.47. The molecule has 1 atom stereocenters. The quantitative estimate of drug-likeness (QED) is 0.671. The van der Waals surface area contributed by atoms with Gasteiger partial charge in [-0.25, -0.2) is 8.42 Å². The Morgan fingerprint density at radius 2 is 1.97 bits per heavy atom. The minimum Gasteiger partial charge on any atom is -0.494 e. The van der Waals surface area contributed by atoms with E-state index in [-0.39, 0.29) is 23.3 Å². The topological polar surface area (TPSA) is 75.7 Å². The summed E-state index contributed by atoms with van der Waals surface area (Å²) in [6.45, 7) is 4.83. The van der Waals surface area contributed by atoms with Crippen molar-refractivity contribution in [3.63, 3.8) is 0 Å². The molecular formula is C21H25BrN2O4S. The molecule has 156 valence electrons. The molecule has 0 aliphatic carbocycles. The number of carbonyl (C=O) groups is 1. The largest absolute Gasteiger partial charge is 0.494 e. The van der Waals surface area contributed by atoms with Crippen LogP contribution in [0.25, 0.3) is 0 Å². The molecule has 2 aromatic carbocycles. The van der Waals surface area contributed by atoms with Crippen molar-refractivity contribution in [3.8, 4) is 5.75 Å². The predicted octanol–water partition coefficient (Wildman–Crippen LogP) is 4.20.